The van der Waals surface area contributed by atoms with Crippen molar-refractivity contribution in [1.82, 2.24) is 9.78 Å². The van der Waals surface area contributed by atoms with Gasteiger partial charge in [0.2, 0.25) is 0 Å². The molecule has 27 heavy (non-hydrogen) atoms. The number of hydrogen-bond acceptors (Lipinski definition) is 4. The van der Waals surface area contributed by atoms with Crippen LogP contribution in [0.1, 0.15) is 33.4 Å². The van der Waals surface area contributed by atoms with Gasteiger partial charge in [0, 0.05) is 29.4 Å². The second kappa shape index (κ2) is 7.20. The molecule has 2 aromatic rings. The maximum Gasteiger partial charge on any atom is 0.496 e. The molecule has 1 saturated heterocycles. The lowest BCUT2D eigenvalue weighted by molar-refractivity contribution is 0.00578. The highest BCUT2D eigenvalue weighted by molar-refractivity contribution is 6.65. The van der Waals surface area contributed by atoms with Crippen molar-refractivity contribution in [2.45, 2.75) is 52.4 Å². The van der Waals surface area contributed by atoms with Crippen molar-refractivity contribution in [1.29, 1.82) is 0 Å². The molecule has 0 aliphatic carbocycles. The fourth-order valence-electron chi connectivity index (χ4n) is 3.04. The molecule has 0 spiro atoms. The quantitative estimate of drug-likeness (QED) is 0.727. The zero-order valence-electron chi connectivity index (χ0n) is 16.6. The largest absolute Gasteiger partial charge is 0.496 e. The topological polar surface area (TPSA) is 45.5 Å². The van der Waals surface area contributed by atoms with Gasteiger partial charge in [-0.2, -0.15) is 5.10 Å². The summed E-state index contributed by atoms with van der Waals surface area (Å²) in [6.07, 6.45) is 1.65. The predicted molar refractivity (Wildman–Crippen MR) is 105 cm³/mol. The third-order valence-corrected chi connectivity index (χ3v) is 5.90. The van der Waals surface area contributed by atoms with E-state index in [4.69, 9.17) is 25.6 Å². The molecule has 1 fully saturated rings. The van der Waals surface area contributed by atoms with Crippen LogP contribution in [0, 0.1) is 12.7 Å². The number of halogens is 2. The number of rotatable bonds is 5. The van der Waals surface area contributed by atoms with E-state index in [1.807, 2.05) is 34.6 Å². The van der Waals surface area contributed by atoms with Crippen molar-refractivity contribution < 1.29 is 18.4 Å². The van der Waals surface area contributed by atoms with E-state index in [1.54, 1.807) is 30.1 Å². The summed E-state index contributed by atoms with van der Waals surface area (Å²) in [5.41, 5.74) is 1.41. The van der Waals surface area contributed by atoms with E-state index in [1.165, 1.54) is 0 Å². The van der Waals surface area contributed by atoms with Crippen molar-refractivity contribution in [3.05, 3.63) is 34.9 Å². The molecule has 0 bridgehead atoms. The van der Waals surface area contributed by atoms with E-state index in [0.29, 0.717) is 29.7 Å². The highest BCUT2D eigenvalue weighted by atomic mass is 35.5. The van der Waals surface area contributed by atoms with Crippen LogP contribution in [0.3, 0.4) is 0 Å². The van der Waals surface area contributed by atoms with E-state index in [2.05, 4.69) is 5.10 Å². The Morgan fingerprint density at radius 2 is 1.81 bits per heavy atom. The Hall–Kier alpha value is -1.41. The third-order valence-electron chi connectivity index (χ3n) is 5.52. The van der Waals surface area contributed by atoms with E-state index in [9.17, 15) is 0 Å². The summed E-state index contributed by atoms with van der Waals surface area (Å²) < 4.78 is 34.0. The number of methoxy groups -OCH3 is 1. The van der Waals surface area contributed by atoms with Gasteiger partial charge in [-0.15, -0.1) is 0 Å². The van der Waals surface area contributed by atoms with Crippen LogP contribution in [0.25, 0.3) is 11.1 Å². The molecule has 146 valence electrons. The van der Waals surface area contributed by atoms with Crippen LogP contribution in [-0.4, -0.2) is 41.8 Å². The van der Waals surface area contributed by atoms with Gasteiger partial charge in [-0.05, 0) is 34.6 Å². The first kappa shape index (κ1) is 20.3. The van der Waals surface area contributed by atoms with Crippen LogP contribution >= 0.6 is 11.6 Å². The SMILES string of the molecule is COCCn1ncc(-c2ccc(B3OC(C)(C)C(C)(C)O3)c(Cl)c2F)c1C. The maximum atomic E-state index is 15.1. The zero-order chi connectivity index (χ0) is 20.0. The molecule has 5 nitrogen and oxygen atoms in total. The Morgan fingerprint density at radius 1 is 1.19 bits per heavy atom. The van der Waals surface area contributed by atoms with Crippen molar-refractivity contribution in [3.8, 4) is 11.1 Å². The van der Waals surface area contributed by atoms with Gasteiger partial charge in [-0.1, -0.05) is 23.7 Å². The van der Waals surface area contributed by atoms with Gasteiger partial charge in [0.05, 0.1) is 35.6 Å². The molecule has 1 aromatic heterocycles. The summed E-state index contributed by atoms with van der Waals surface area (Å²) in [6, 6.07) is 3.46. The van der Waals surface area contributed by atoms with Gasteiger partial charge >= 0.3 is 7.12 Å². The highest BCUT2D eigenvalue weighted by Crippen LogP contribution is 2.38. The number of nitrogens with zero attached hydrogens (tertiary/aromatic N) is 2. The van der Waals surface area contributed by atoms with Crippen LogP contribution in [0.5, 0.6) is 0 Å². The normalized spacial score (nSPS) is 18.3. The Morgan fingerprint density at radius 3 is 2.41 bits per heavy atom. The molecule has 0 amide bonds. The molecule has 0 unspecified atom stereocenters. The summed E-state index contributed by atoms with van der Waals surface area (Å²) in [5.74, 6) is -0.502. The third kappa shape index (κ3) is 3.54. The number of benzene rings is 1. The number of hydrogen-bond donors (Lipinski definition) is 0. The summed E-state index contributed by atoms with van der Waals surface area (Å²) in [4.78, 5) is 0. The van der Waals surface area contributed by atoms with Crippen LogP contribution in [-0.2, 0) is 20.6 Å². The smallest absolute Gasteiger partial charge is 0.399 e. The van der Waals surface area contributed by atoms with Crippen LogP contribution in [0.15, 0.2) is 18.3 Å². The average molecular weight is 395 g/mol. The molecule has 1 aliphatic rings. The van der Waals surface area contributed by atoms with Crippen molar-refractivity contribution >= 4 is 24.2 Å². The number of aromatic nitrogens is 2. The van der Waals surface area contributed by atoms with Gasteiger partial charge in [0.1, 0.15) is 5.82 Å². The first-order chi connectivity index (χ1) is 12.6. The molecule has 3 rings (SSSR count). The minimum atomic E-state index is -0.712. The Kier molecular flexibility index (Phi) is 5.43. The minimum Gasteiger partial charge on any atom is -0.399 e. The van der Waals surface area contributed by atoms with Gasteiger partial charge in [-0.3, -0.25) is 4.68 Å². The van der Waals surface area contributed by atoms with Gasteiger partial charge < -0.3 is 14.0 Å². The summed E-state index contributed by atoms with van der Waals surface area (Å²) >= 11 is 6.38. The lowest BCUT2D eigenvalue weighted by Crippen LogP contribution is -2.41. The minimum absolute atomic E-state index is 0.00930. The number of ether oxygens (including phenoxy) is 1. The predicted octanol–water partition coefficient (Wildman–Crippen LogP) is 3.60. The van der Waals surface area contributed by atoms with E-state index in [-0.39, 0.29) is 5.02 Å². The Balaban J connectivity index is 1.94. The van der Waals surface area contributed by atoms with Crippen molar-refractivity contribution in [2.24, 2.45) is 0 Å². The van der Waals surface area contributed by atoms with Crippen LogP contribution in [0.2, 0.25) is 5.02 Å². The average Bonchev–Trinajstić information content (AvgIpc) is 3.04. The van der Waals surface area contributed by atoms with Crippen molar-refractivity contribution in [2.75, 3.05) is 13.7 Å². The fourth-order valence-corrected chi connectivity index (χ4v) is 3.29. The second-order valence-electron chi connectivity index (χ2n) is 7.78. The Bertz CT molecular complexity index is 838. The standard InChI is InChI=1S/C19H25BClFN2O3/c1-12-14(11-23-24(12)9-10-25-6)13-7-8-15(16(21)17(13)22)20-26-18(2,3)19(4,5)27-20/h7-8,11H,9-10H2,1-6H3. The molecule has 8 heteroatoms. The van der Waals surface area contributed by atoms with Crippen molar-refractivity contribution in [3.63, 3.8) is 0 Å². The highest BCUT2D eigenvalue weighted by Gasteiger charge is 2.52. The molecular weight excluding hydrogens is 369 g/mol. The van der Waals surface area contributed by atoms with Gasteiger partial charge in [-0.25, -0.2) is 4.39 Å². The summed E-state index contributed by atoms with van der Waals surface area (Å²) in [6.45, 7) is 10.8. The van der Waals surface area contributed by atoms with E-state index in [0.717, 1.165) is 5.69 Å². The maximum absolute atomic E-state index is 15.1. The molecule has 0 atom stereocenters. The monoisotopic (exact) mass is 394 g/mol. The molecule has 0 N–H and O–H groups in total. The van der Waals surface area contributed by atoms with Crippen LogP contribution < -0.4 is 5.46 Å². The molecule has 2 heterocycles. The fraction of sp³-hybridized carbons (Fsp3) is 0.526. The molecule has 1 aromatic carbocycles. The van der Waals surface area contributed by atoms with E-state index >= 15 is 4.39 Å². The summed E-state index contributed by atoms with van der Waals surface area (Å²) in [7, 11) is 0.921. The zero-order valence-corrected chi connectivity index (χ0v) is 17.4. The molecular formula is C19H25BClFN2O3. The molecule has 0 saturated carbocycles. The van der Waals surface area contributed by atoms with E-state index < -0.39 is 24.1 Å². The lowest BCUT2D eigenvalue weighted by Gasteiger charge is -2.32. The van der Waals surface area contributed by atoms with Gasteiger partial charge in [0.25, 0.3) is 0 Å². The first-order valence-electron chi connectivity index (χ1n) is 8.94. The second-order valence-corrected chi connectivity index (χ2v) is 8.16. The van der Waals surface area contributed by atoms with Crippen LogP contribution in [0.4, 0.5) is 4.39 Å². The molecule has 0 radical (unpaired) electrons. The lowest BCUT2D eigenvalue weighted by atomic mass is 9.78. The summed E-state index contributed by atoms with van der Waals surface area (Å²) in [5, 5.41) is 4.33. The Labute approximate surface area is 164 Å². The first-order valence-corrected chi connectivity index (χ1v) is 9.32. The molecule has 1 aliphatic heterocycles. The van der Waals surface area contributed by atoms with Gasteiger partial charge in [0.15, 0.2) is 0 Å².